The zero-order valence-corrected chi connectivity index (χ0v) is 14.6. The lowest BCUT2D eigenvalue weighted by Gasteiger charge is -2.14. The van der Waals surface area contributed by atoms with Crippen molar-refractivity contribution < 1.29 is 19.1 Å². The molecule has 22 heavy (non-hydrogen) atoms. The average Bonchev–Trinajstić information content (AvgIpc) is 2.51. The summed E-state index contributed by atoms with van der Waals surface area (Å²) in [5.41, 5.74) is 0.523. The number of hydrogen-bond donors (Lipinski definition) is 1. The lowest BCUT2D eigenvalue weighted by Crippen LogP contribution is -2.17. The van der Waals surface area contributed by atoms with Gasteiger partial charge in [0.15, 0.2) is 5.78 Å². The van der Waals surface area contributed by atoms with Gasteiger partial charge in [-0.3, -0.25) is 9.59 Å². The van der Waals surface area contributed by atoms with Gasteiger partial charge in [-0.05, 0) is 25.0 Å². The summed E-state index contributed by atoms with van der Waals surface area (Å²) >= 11 is 3.04. The number of Topliss-reactive ketones (excluding diaryl/α,β-unsaturated/α-hetero) is 1. The molecule has 1 N–H and O–H groups in total. The van der Waals surface area contributed by atoms with Crippen molar-refractivity contribution in [1.29, 1.82) is 0 Å². The largest absolute Gasteiger partial charge is 0.494 e. The van der Waals surface area contributed by atoms with Gasteiger partial charge in [0.25, 0.3) is 0 Å². The maximum absolute atomic E-state index is 11.9. The van der Waals surface area contributed by atoms with Crippen molar-refractivity contribution in [3.05, 3.63) is 18.2 Å². The van der Waals surface area contributed by atoms with E-state index in [1.807, 2.05) is 13.8 Å². The van der Waals surface area contributed by atoms with Crippen LogP contribution in [0.15, 0.2) is 18.2 Å². The number of alkyl halides is 1. The van der Waals surface area contributed by atoms with Crippen molar-refractivity contribution in [2.45, 2.75) is 33.1 Å². The van der Waals surface area contributed by atoms with Gasteiger partial charge < -0.3 is 14.8 Å². The van der Waals surface area contributed by atoms with Gasteiger partial charge >= 0.3 is 0 Å². The molecule has 1 rings (SSSR count). The Morgan fingerprint density at radius 1 is 1.14 bits per heavy atom. The Labute approximate surface area is 139 Å². The van der Waals surface area contributed by atoms with Crippen LogP contribution >= 0.6 is 15.9 Å². The summed E-state index contributed by atoms with van der Waals surface area (Å²) in [6.45, 7) is 5.18. The first kappa shape index (κ1) is 18.5. The molecule has 0 aliphatic carbocycles. The molecule has 0 unspecified atom stereocenters. The SMILES string of the molecule is CCCOc1ccc(OCCC)c(NC(=O)CC(=O)CBr)c1. The zero-order chi connectivity index (χ0) is 16.4. The van der Waals surface area contributed by atoms with Gasteiger partial charge in [-0.15, -0.1) is 0 Å². The first-order chi connectivity index (χ1) is 10.6. The van der Waals surface area contributed by atoms with E-state index in [1.54, 1.807) is 18.2 Å². The fourth-order valence-electron chi connectivity index (χ4n) is 1.68. The van der Waals surface area contributed by atoms with E-state index in [1.165, 1.54) is 0 Å². The maximum Gasteiger partial charge on any atom is 0.231 e. The molecule has 0 spiro atoms. The van der Waals surface area contributed by atoms with E-state index in [0.717, 1.165) is 12.8 Å². The molecule has 0 aliphatic rings. The number of carbonyl (C=O) groups is 2. The molecule has 0 fully saturated rings. The van der Waals surface area contributed by atoms with Crippen molar-refractivity contribution in [2.75, 3.05) is 23.9 Å². The fraction of sp³-hybridized carbons (Fsp3) is 0.500. The predicted molar refractivity (Wildman–Crippen MR) is 90.1 cm³/mol. The number of amides is 1. The number of rotatable bonds is 10. The highest BCUT2D eigenvalue weighted by atomic mass is 79.9. The van der Waals surface area contributed by atoms with Crippen LogP contribution in [0.2, 0.25) is 0 Å². The minimum absolute atomic E-state index is 0.166. The second kappa shape index (κ2) is 10.2. The Bertz CT molecular complexity index is 505. The number of nitrogens with one attached hydrogen (secondary N) is 1. The lowest BCUT2D eigenvalue weighted by molar-refractivity contribution is -0.123. The van der Waals surface area contributed by atoms with Crippen LogP contribution in [-0.2, 0) is 9.59 Å². The first-order valence-electron chi connectivity index (χ1n) is 7.37. The van der Waals surface area contributed by atoms with Crippen molar-refractivity contribution >= 4 is 33.3 Å². The molecule has 122 valence electrons. The number of halogens is 1. The summed E-state index contributed by atoms with van der Waals surface area (Å²) < 4.78 is 11.2. The quantitative estimate of drug-likeness (QED) is 0.504. The lowest BCUT2D eigenvalue weighted by atomic mass is 10.2. The van der Waals surface area contributed by atoms with E-state index in [9.17, 15) is 9.59 Å². The van der Waals surface area contributed by atoms with Crippen molar-refractivity contribution in [3.63, 3.8) is 0 Å². The van der Waals surface area contributed by atoms with Gasteiger partial charge in [-0.25, -0.2) is 0 Å². The summed E-state index contributed by atoms with van der Waals surface area (Å²) in [7, 11) is 0. The molecule has 0 heterocycles. The predicted octanol–water partition coefficient (Wildman–Crippen LogP) is 3.56. The fourth-order valence-corrected chi connectivity index (χ4v) is 1.87. The molecular weight excluding hydrogens is 350 g/mol. The summed E-state index contributed by atoms with van der Waals surface area (Å²) in [6, 6.07) is 5.29. The monoisotopic (exact) mass is 371 g/mol. The highest BCUT2D eigenvalue weighted by molar-refractivity contribution is 9.09. The third-order valence-corrected chi connectivity index (χ3v) is 3.29. The number of anilines is 1. The number of ketones is 1. The van der Waals surface area contributed by atoms with Crippen LogP contribution < -0.4 is 14.8 Å². The second-order valence-corrected chi connectivity index (χ2v) is 5.31. The first-order valence-corrected chi connectivity index (χ1v) is 8.50. The normalized spacial score (nSPS) is 10.1. The number of benzene rings is 1. The summed E-state index contributed by atoms with van der Waals surface area (Å²) in [4.78, 5) is 23.2. The topological polar surface area (TPSA) is 64.6 Å². The smallest absolute Gasteiger partial charge is 0.231 e. The molecule has 0 atom stereocenters. The molecule has 0 aromatic heterocycles. The number of carbonyl (C=O) groups excluding carboxylic acids is 2. The molecule has 0 aliphatic heterocycles. The molecular formula is C16H22BrNO4. The highest BCUT2D eigenvalue weighted by Crippen LogP contribution is 2.29. The zero-order valence-electron chi connectivity index (χ0n) is 13.0. The maximum atomic E-state index is 11.9. The summed E-state index contributed by atoms with van der Waals surface area (Å²) in [6.07, 6.45) is 1.59. The van der Waals surface area contributed by atoms with Gasteiger partial charge in [0.05, 0.1) is 30.7 Å². The third kappa shape index (κ3) is 6.47. The van der Waals surface area contributed by atoms with Gasteiger partial charge in [0.1, 0.15) is 11.5 Å². The average molecular weight is 372 g/mol. The van der Waals surface area contributed by atoms with E-state index in [2.05, 4.69) is 21.2 Å². The molecule has 5 nitrogen and oxygen atoms in total. The Morgan fingerprint density at radius 3 is 2.45 bits per heavy atom. The Balaban J connectivity index is 2.85. The number of ether oxygens (including phenoxy) is 2. The van der Waals surface area contributed by atoms with Crippen molar-refractivity contribution in [2.24, 2.45) is 0 Å². The third-order valence-electron chi connectivity index (χ3n) is 2.67. The molecule has 1 amide bonds. The van der Waals surface area contributed by atoms with Crippen LogP contribution in [0.3, 0.4) is 0 Å². The van der Waals surface area contributed by atoms with E-state index >= 15 is 0 Å². The Hall–Kier alpha value is -1.56. The van der Waals surface area contributed by atoms with E-state index in [0.29, 0.717) is 30.4 Å². The van der Waals surface area contributed by atoms with Crippen LogP contribution in [0.5, 0.6) is 11.5 Å². The standard InChI is InChI=1S/C16H22BrNO4/c1-3-7-21-13-5-6-15(22-8-4-2)14(10-13)18-16(20)9-12(19)11-17/h5-6,10H,3-4,7-9,11H2,1-2H3,(H,18,20). The van der Waals surface area contributed by atoms with Crippen LogP contribution in [0.4, 0.5) is 5.69 Å². The van der Waals surface area contributed by atoms with Gasteiger partial charge in [0.2, 0.25) is 5.91 Å². The Kier molecular flexibility index (Phi) is 8.58. The van der Waals surface area contributed by atoms with Crippen molar-refractivity contribution in [1.82, 2.24) is 0 Å². The van der Waals surface area contributed by atoms with Crippen LogP contribution in [0.25, 0.3) is 0 Å². The van der Waals surface area contributed by atoms with Gasteiger partial charge in [-0.1, -0.05) is 29.8 Å². The molecule has 0 saturated carbocycles. The second-order valence-electron chi connectivity index (χ2n) is 4.75. The molecule has 1 aromatic carbocycles. The van der Waals surface area contributed by atoms with Gasteiger partial charge in [-0.2, -0.15) is 0 Å². The minimum Gasteiger partial charge on any atom is -0.494 e. The summed E-state index contributed by atoms with van der Waals surface area (Å²) in [5.74, 6) is 0.698. The minimum atomic E-state index is -0.363. The van der Waals surface area contributed by atoms with E-state index in [4.69, 9.17) is 9.47 Å². The van der Waals surface area contributed by atoms with Crippen LogP contribution in [0.1, 0.15) is 33.1 Å². The molecule has 6 heteroatoms. The van der Waals surface area contributed by atoms with Crippen LogP contribution in [-0.4, -0.2) is 30.2 Å². The van der Waals surface area contributed by atoms with E-state index < -0.39 is 0 Å². The Morgan fingerprint density at radius 2 is 1.82 bits per heavy atom. The molecule has 1 aromatic rings. The molecule has 0 saturated heterocycles. The number of hydrogen-bond acceptors (Lipinski definition) is 4. The van der Waals surface area contributed by atoms with Crippen molar-refractivity contribution in [3.8, 4) is 11.5 Å². The van der Waals surface area contributed by atoms with Gasteiger partial charge in [0, 0.05) is 6.07 Å². The summed E-state index contributed by atoms with van der Waals surface area (Å²) in [5, 5.41) is 2.88. The van der Waals surface area contributed by atoms with Crippen LogP contribution in [0, 0.1) is 0 Å². The molecule has 0 radical (unpaired) electrons. The molecule has 0 bridgehead atoms. The van der Waals surface area contributed by atoms with E-state index in [-0.39, 0.29) is 23.4 Å². The highest BCUT2D eigenvalue weighted by Gasteiger charge is 2.12.